The first kappa shape index (κ1) is 15.2. The Hall–Kier alpha value is -2.20. The normalized spacial score (nSPS) is 10.2. The van der Waals surface area contributed by atoms with E-state index >= 15 is 0 Å². The lowest BCUT2D eigenvalue weighted by atomic mass is 10.1. The van der Waals surface area contributed by atoms with Gasteiger partial charge in [0, 0.05) is 17.7 Å². The van der Waals surface area contributed by atoms with E-state index in [4.69, 9.17) is 14.2 Å². The van der Waals surface area contributed by atoms with Gasteiger partial charge in [-0.3, -0.25) is 0 Å². The van der Waals surface area contributed by atoms with Crippen LogP contribution >= 0.6 is 0 Å². The zero-order chi connectivity index (χ0) is 15.1. The number of hydrogen-bond donors (Lipinski definition) is 1. The fourth-order valence-corrected chi connectivity index (χ4v) is 2.19. The fraction of sp³-hybridized carbons (Fsp3) is 0.294. The molecule has 0 amide bonds. The van der Waals surface area contributed by atoms with Crippen molar-refractivity contribution in [3.8, 4) is 17.2 Å². The minimum absolute atomic E-state index is 0.0580. The van der Waals surface area contributed by atoms with E-state index in [1.165, 1.54) is 0 Å². The van der Waals surface area contributed by atoms with E-state index in [0.29, 0.717) is 13.0 Å². The van der Waals surface area contributed by atoms with Crippen LogP contribution in [-0.2, 0) is 13.0 Å². The third kappa shape index (κ3) is 3.89. The second-order valence-electron chi connectivity index (χ2n) is 4.55. The molecule has 0 atom stereocenters. The summed E-state index contributed by atoms with van der Waals surface area (Å²) in [6.07, 6.45) is 0.513. The molecular weight excluding hydrogens is 268 g/mol. The highest BCUT2D eigenvalue weighted by Crippen LogP contribution is 2.30. The number of ether oxygens (including phenoxy) is 3. The lowest BCUT2D eigenvalue weighted by Crippen LogP contribution is -2.04. The average Bonchev–Trinajstić information content (AvgIpc) is 2.53. The third-order valence-corrected chi connectivity index (χ3v) is 3.17. The van der Waals surface area contributed by atoms with E-state index < -0.39 is 0 Å². The summed E-state index contributed by atoms with van der Waals surface area (Å²) in [4.78, 5) is 0. The zero-order valence-electron chi connectivity index (χ0n) is 12.3. The van der Waals surface area contributed by atoms with Gasteiger partial charge in [0.1, 0.15) is 23.9 Å². The summed E-state index contributed by atoms with van der Waals surface area (Å²) in [5.74, 6) is 2.26. The minimum Gasteiger partial charge on any atom is -0.497 e. The summed E-state index contributed by atoms with van der Waals surface area (Å²) < 4.78 is 16.5. The van der Waals surface area contributed by atoms with Gasteiger partial charge in [-0.15, -0.1) is 0 Å². The third-order valence-electron chi connectivity index (χ3n) is 3.17. The quantitative estimate of drug-likeness (QED) is 0.851. The zero-order valence-corrected chi connectivity index (χ0v) is 12.3. The van der Waals surface area contributed by atoms with E-state index in [1.807, 2.05) is 42.5 Å². The molecule has 0 saturated carbocycles. The second kappa shape index (κ2) is 7.55. The Kier molecular flexibility index (Phi) is 5.46. The lowest BCUT2D eigenvalue weighted by molar-refractivity contribution is 0.287. The number of aliphatic hydroxyl groups is 1. The second-order valence-corrected chi connectivity index (χ2v) is 4.55. The molecule has 4 heteroatoms. The molecule has 21 heavy (non-hydrogen) atoms. The van der Waals surface area contributed by atoms with E-state index in [1.54, 1.807) is 14.2 Å². The van der Waals surface area contributed by atoms with Crippen LogP contribution in [0.1, 0.15) is 11.1 Å². The average molecular weight is 288 g/mol. The van der Waals surface area contributed by atoms with Crippen molar-refractivity contribution < 1.29 is 19.3 Å². The van der Waals surface area contributed by atoms with Crippen molar-refractivity contribution in [1.82, 2.24) is 0 Å². The number of hydrogen-bond acceptors (Lipinski definition) is 4. The maximum absolute atomic E-state index is 9.17. The maximum atomic E-state index is 9.17. The first-order valence-corrected chi connectivity index (χ1v) is 6.81. The van der Waals surface area contributed by atoms with Crippen molar-refractivity contribution in [1.29, 1.82) is 0 Å². The molecule has 0 radical (unpaired) electrons. The van der Waals surface area contributed by atoms with E-state index in [-0.39, 0.29) is 6.61 Å². The standard InChI is InChI=1S/C17H20O4/c1-19-16-10-13(8-9-18)17(20-2)14(11-16)12-21-15-6-4-3-5-7-15/h3-7,10-11,18H,8-9,12H2,1-2H3. The van der Waals surface area contributed by atoms with Crippen molar-refractivity contribution in [2.24, 2.45) is 0 Å². The van der Waals surface area contributed by atoms with Gasteiger partial charge >= 0.3 is 0 Å². The van der Waals surface area contributed by atoms with Crippen molar-refractivity contribution in [2.45, 2.75) is 13.0 Å². The molecule has 0 heterocycles. The molecule has 2 rings (SSSR count). The molecule has 0 saturated heterocycles. The van der Waals surface area contributed by atoms with Crippen LogP contribution in [0.25, 0.3) is 0 Å². The lowest BCUT2D eigenvalue weighted by Gasteiger charge is -2.16. The van der Waals surface area contributed by atoms with Gasteiger partial charge in [0.15, 0.2) is 0 Å². The molecule has 1 N–H and O–H groups in total. The number of para-hydroxylation sites is 1. The van der Waals surface area contributed by atoms with Crippen LogP contribution < -0.4 is 14.2 Å². The molecule has 0 fully saturated rings. The highest BCUT2D eigenvalue weighted by Gasteiger charge is 2.12. The first-order chi connectivity index (χ1) is 10.3. The predicted molar refractivity (Wildman–Crippen MR) is 81.1 cm³/mol. The SMILES string of the molecule is COc1cc(CCO)c(OC)c(COc2ccccc2)c1. The molecule has 2 aromatic rings. The molecule has 0 aliphatic carbocycles. The Morgan fingerprint density at radius 2 is 1.62 bits per heavy atom. The van der Waals surface area contributed by atoms with Crippen LogP contribution in [0.2, 0.25) is 0 Å². The fourth-order valence-electron chi connectivity index (χ4n) is 2.19. The molecule has 0 unspecified atom stereocenters. The Morgan fingerprint density at radius 1 is 0.905 bits per heavy atom. The van der Waals surface area contributed by atoms with Crippen LogP contribution in [0.4, 0.5) is 0 Å². The minimum atomic E-state index is 0.0580. The summed E-state index contributed by atoms with van der Waals surface area (Å²) >= 11 is 0. The van der Waals surface area contributed by atoms with Gasteiger partial charge in [0.25, 0.3) is 0 Å². The van der Waals surface area contributed by atoms with Crippen molar-refractivity contribution >= 4 is 0 Å². The molecule has 2 aromatic carbocycles. The van der Waals surface area contributed by atoms with Gasteiger partial charge < -0.3 is 19.3 Å². The van der Waals surface area contributed by atoms with Crippen molar-refractivity contribution in [3.63, 3.8) is 0 Å². The van der Waals surface area contributed by atoms with Gasteiger partial charge in [-0.05, 0) is 30.7 Å². The van der Waals surface area contributed by atoms with Gasteiger partial charge in [-0.1, -0.05) is 18.2 Å². The van der Waals surface area contributed by atoms with Gasteiger partial charge in [0.2, 0.25) is 0 Å². The molecule has 0 spiro atoms. The number of benzene rings is 2. The van der Waals surface area contributed by atoms with E-state index in [2.05, 4.69) is 0 Å². The molecule has 0 aliphatic rings. The van der Waals surface area contributed by atoms with Gasteiger partial charge in [0.05, 0.1) is 14.2 Å². The number of methoxy groups -OCH3 is 2. The Labute approximate surface area is 124 Å². The summed E-state index contributed by atoms with van der Waals surface area (Å²) in [7, 11) is 3.24. The molecule has 0 aromatic heterocycles. The molecular formula is C17H20O4. The van der Waals surface area contributed by atoms with Crippen LogP contribution in [0, 0.1) is 0 Å². The molecule has 0 bridgehead atoms. The van der Waals surface area contributed by atoms with Crippen LogP contribution in [-0.4, -0.2) is 25.9 Å². The highest BCUT2D eigenvalue weighted by atomic mass is 16.5. The summed E-state index contributed by atoms with van der Waals surface area (Å²) in [5.41, 5.74) is 1.80. The topological polar surface area (TPSA) is 47.9 Å². The monoisotopic (exact) mass is 288 g/mol. The van der Waals surface area contributed by atoms with Crippen LogP contribution in [0.15, 0.2) is 42.5 Å². The molecule has 4 nitrogen and oxygen atoms in total. The van der Waals surface area contributed by atoms with Crippen LogP contribution in [0.3, 0.4) is 0 Å². The van der Waals surface area contributed by atoms with Gasteiger partial charge in [-0.25, -0.2) is 0 Å². The van der Waals surface area contributed by atoms with E-state index in [0.717, 1.165) is 28.4 Å². The van der Waals surface area contributed by atoms with Gasteiger partial charge in [-0.2, -0.15) is 0 Å². The van der Waals surface area contributed by atoms with Crippen molar-refractivity contribution in [2.75, 3.05) is 20.8 Å². The number of aliphatic hydroxyl groups excluding tert-OH is 1. The van der Waals surface area contributed by atoms with Crippen molar-refractivity contribution in [3.05, 3.63) is 53.6 Å². The van der Waals surface area contributed by atoms with Crippen LogP contribution in [0.5, 0.6) is 17.2 Å². The Morgan fingerprint density at radius 3 is 2.24 bits per heavy atom. The summed E-state index contributed by atoms with van der Waals surface area (Å²) in [5, 5.41) is 9.17. The molecule has 112 valence electrons. The number of rotatable bonds is 7. The van der Waals surface area contributed by atoms with E-state index in [9.17, 15) is 5.11 Å². The first-order valence-electron chi connectivity index (χ1n) is 6.81. The largest absolute Gasteiger partial charge is 0.497 e. The Bertz CT molecular complexity index is 567. The Balaban J connectivity index is 2.25. The maximum Gasteiger partial charge on any atom is 0.129 e. The summed E-state index contributed by atoms with van der Waals surface area (Å²) in [6.45, 7) is 0.436. The highest BCUT2D eigenvalue weighted by molar-refractivity contribution is 5.47. The predicted octanol–water partition coefficient (Wildman–Crippen LogP) is 2.82. The summed E-state index contributed by atoms with van der Waals surface area (Å²) in [6, 6.07) is 13.4. The smallest absolute Gasteiger partial charge is 0.129 e. The molecule has 0 aliphatic heterocycles.